The summed E-state index contributed by atoms with van der Waals surface area (Å²) >= 11 is 0. The summed E-state index contributed by atoms with van der Waals surface area (Å²) in [6.07, 6.45) is 1.96. The fourth-order valence-corrected chi connectivity index (χ4v) is 1.99. The average Bonchev–Trinajstić information content (AvgIpc) is 3.18. The van der Waals surface area contributed by atoms with E-state index < -0.39 is 6.29 Å². The molecule has 0 unspecified atom stereocenters. The van der Waals surface area contributed by atoms with E-state index in [1.54, 1.807) is 24.3 Å². The van der Waals surface area contributed by atoms with Crippen LogP contribution in [0.1, 0.15) is 23.2 Å². The molecule has 3 rings (SSSR count). The number of esters is 1. The lowest BCUT2D eigenvalue weighted by atomic mass is 10.1. The van der Waals surface area contributed by atoms with Gasteiger partial charge in [0.15, 0.2) is 6.29 Å². The van der Waals surface area contributed by atoms with Gasteiger partial charge in [0.25, 0.3) is 0 Å². The van der Waals surface area contributed by atoms with Crippen molar-refractivity contribution in [1.82, 2.24) is 0 Å². The molecule has 1 aromatic carbocycles. The van der Waals surface area contributed by atoms with Crippen LogP contribution in [0.4, 0.5) is 0 Å². The molecule has 0 aromatic heterocycles. The zero-order valence-electron chi connectivity index (χ0n) is 10.1. The third-order valence-electron chi connectivity index (χ3n) is 3.47. The number of carbonyl (C=O) groups excluding carboxylic acids is 1. The van der Waals surface area contributed by atoms with Gasteiger partial charge in [-0.2, -0.15) is 0 Å². The zero-order chi connectivity index (χ0) is 12.4. The Morgan fingerprint density at radius 3 is 2.50 bits per heavy atom. The van der Waals surface area contributed by atoms with Crippen LogP contribution in [0, 0.1) is 5.41 Å². The highest BCUT2D eigenvalue weighted by Crippen LogP contribution is 2.48. The van der Waals surface area contributed by atoms with Crippen LogP contribution in [0.15, 0.2) is 30.3 Å². The van der Waals surface area contributed by atoms with E-state index in [4.69, 9.17) is 14.2 Å². The van der Waals surface area contributed by atoms with Crippen molar-refractivity contribution in [3.05, 3.63) is 35.9 Å². The molecule has 0 atom stereocenters. The van der Waals surface area contributed by atoms with E-state index >= 15 is 0 Å². The first-order valence-corrected chi connectivity index (χ1v) is 6.23. The van der Waals surface area contributed by atoms with Crippen molar-refractivity contribution in [3.63, 3.8) is 0 Å². The first-order chi connectivity index (χ1) is 8.77. The molecule has 2 fully saturated rings. The minimum absolute atomic E-state index is 0.157. The Kier molecular flexibility index (Phi) is 3.06. The number of rotatable bonds is 3. The minimum Gasteiger partial charge on any atom is -0.457 e. The number of ether oxygens (including phenoxy) is 3. The molecule has 0 radical (unpaired) electrons. The lowest BCUT2D eigenvalue weighted by Gasteiger charge is -2.28. The summed E-state index contributed by atoms with van der Waals surface area (Å²) in [4.78, 5) is 11.7. The maximum atomic E-state index is 11.7. The second-order valence-corrected chi connectivity index (χ2v) is 5.02. The molecule has 0 amide bonds. The number of hydrogen-bond donors (Lipinski definition) is 0. The number of hydrogen-bond acceptors (Lipinski definition) is 4. The fourth-order valence-electron chi connectivity index (χ4n) is 1.99. The van der Waals surface area contributed by atoms with Gasteiger partial charge in [0.05, 0.1) is 18.8 Å². The standard InChI is InChI=1S/C14H16O4/c15-13(11-4-2-1-3-5-11)16-8-12-17-9-14(6-7-14)10-18-12/h1-5,12H,6-10H2. The average molecular weight is 248 g/mol. The Morgan fingerprint density at radius 2 is 1.89 bits per heavy atom. The van der Waals surface area contributed by atoms with Crippen molar-refractivity contribution in [3.8, 4) is 0 Å². The lowest BCUT2D eigenvalue weighted by molar-refractivity contribution is -0.221. The summed E-state index contributed by atoms with van der Waals surface area (Å²) in [6, 6.07) is 8.93. The van der Waals surface area contributed by atoms with Crippen LogP contribution >= 0.6 is 0 Å². The van der Waals surface area contributed by atoms with Crippen LogP contribution in [0.5, 0.6) is 0 Å². The fraction of sp³-hybridized carbons (Fsp3) is 0.500. The van der Waals surface area contributed by atoms with Gasteiger partial charge in [-0.15, -0.1) is 0 Å². The van der Waals surface area contributed by atoms with E-state index in [0.717, 1.165) is 13.2 Å². The highest BCUT2D eigenvalue weighted by Gasteiger charge is 2.47. The maximum absolute atomic E-state index is 11.7. The van der Waals surface area contributed by atoms with Gasteiger partial charge in [-0.25, -0.2) is 4.79 Å². The maximum Gasteiger partial charge on any atom is 0.338 e. The van der Waals surface area contributed by atoms with Crippen molar-refractivity contribution >= 4 is 5.97 Å². The first kappa shape index (κ1) is 11.7. The molecule has 4 nitrogen and oxygen atoms in total. The van der Waals surface area contributed by atoms with Gasteiger partial charge in [0.2, 0.25) is 0 Å². The van der Waals surface area contributed by atoms with E-state index in [-0.39, 0.29) is 18.0 Å². The summed E-state index contributed by atoms with van der Waals surface area (Å²) in [7, 11) is 0. The van der Waals surface area contributed by atoms with Gasteiger partial charge < -0.3 is 14.2 Å². The van der Waals surface area contributed by atoms with Crippen LogP contribution in [-0.4, -0.2) is 32.1 Å². The molecule has 1 aliphatic carbocycles. The summed E-state index contributed by atoms with van der Waals surface area (Å²) in [5.74, 6) is -0.338. The van der Waals surface area contributed by atoms with Gasteiger partial charge in [-0.1, -0.05) is 18.2 Å². The van der Waals surface area contributed by atoms with Crippen molar-refractivity contribution in [2.45, 2.75) is 19.1 Å². The van der Waals surface area contributed by atoms with Gasteiger partial charge in [-0.3, -0.25) is 0 Å². The molecular weight excluding hydrogens is 232 g/mol. The van der Waals surface area contributed by atoms with Gasteiger partial charge in [0.1, 0.15) is 6.61 Å². The molecule has 1 spiro atoms. The molecule has 18 heavy (non-hydrogen) atoms. The van der Waals surface area contributed by atoms with E-state index in [1.807, 2.05) is 6.07 Å². The summed E-state index contributed by atoms with van der Waals surface area (Å²) in [5, 5.41) is 0. The van der Waals surface area contributed by atoms with Crippen molar-refractivity contribution in [2.24, 2.45) is 5.41 Å². The van der Waals surface area contributed by atoms with E-state index in [0.29, 0.717) is 5.56 Å². The van der Waals surface area contributed by atoms with Crippen LogP contribution < -0.4 is 0 Å². The Balaban J connectivity index is 1.45. The van der Waals surface area contributed by atoms with Gasteiger partial charge in [0, 0.05) is 5.41 Å². The van der Waals surface area contributed by atoms with Gasteiger partial charge in [-0.05, 0) is 25.0 Å². The summed E-state index contributed by atoms with van der Waals surface area (Å²) in [6.45, 7) is 1.60. The van der Waals surface area contributed by atoms with Crippen LogP contribution in [0.25, 0.3) is 0 Å². The Morgan fingerprint density at radius 1 is 1.22 bits per heavy atom. The zero-order valence-corrected chi connectivity index (χ0v) is 10.1. The molecule has 0 N–H and O–H groups in total. The van der Waals surface area contributed by atoms with Gasteiger partial charge >= 0.3 is 5.97 Å². The molecule has 1 aromatic rings. The summed E-state index contributed by atoms with van der Waals surface area (Å²) < 4.78 is 16.3. The molecular formula is C14H16O4. The number of benzene rings is 1. The Bertz CT molecular complexity index is 415. The predicted octanol–water partition coefficient (Wildman–Crippen LogP) is 2.00. The first-order valence-electron chi connectivity index (χ1n) is 6.23. The molecule has 1 aliphatic heterocycles. The normalized spacial score (nSPS) is 21.8. The van der Waals surface area contributed by atoms with Crippen LogP contribution in [-0.2, 0) is 14.2 Å². The van der Waals surface area contributed by atoms with Crippen molar-refractivity contribution < 1.29 is 19.0 Å². The highest BCUT2D eigenvalue weighted by molar-refractivity contribution is 5.89. The summed E-state index contributed by atoms with van der Waals surface area (Å²) in [5.41, 5.74) is 0.826. The smallest absolute Gasteiger partial charge is 0.338 e. The van der Waals surface area contributed by atoms with E-state index in [2.05, 4.69) is 0 Å². The second kappa shape index (κ2) is 4.71. The highest BCUT2D eigenvalue weighted by atomic mass is 16.7. The third-order valence-corrected chi connectivity index (χ3v) is 3.47. The topological polar surface area (TPSA) is 44.8 Å². The van der Waals surface area contributed by atoms with Crippen LogP contribution in [0.3, 0.4) is 0 Å². The number of carbonyl (C=O) groups is 1. The van der Waals surface area contributed by atoms with E-state index in [9.17, 15) is 4.79 Å². The predicted molar refractivity (Wildman–Crippen MR) is 64.1 cm³/mol. The third kappa shape index (κ3) is 2.54. The second-order valence-electron chi connectivity index (χ2n) is 5.02. The van der Waals surface area contributed by atoms with E-state index in [1.165, 1.54) is 12.8 Å². The monoisotopic (exact) mass is 248 g/mol. The van der Waals surface area contributed by atoms with Crippen molar-refractivity contribution in [1.29, 1.82) is 0 Å². The molecule has 2 aliphatic rings. The Hall–Kier alpha value is -1.39. The van der Waals surface area contributed by atoms with Crippen LogP contribution in [0.2, 0.25) is 0 Å². The molecule has 4 heteroatoms. The molecule has 96 valence electrons. The van der Waals surface area contributed by atoms with Crippen molar-refractivity contribution in [2.75, 3.05) is 19.8 Å². The quantitative estimate of drug-likeness (QED) is 0.767. The molecule has 1 heterocycles. The largest absolute Gasteiger partial charge is 0.457 e. The Labute approximate surface area is 106 Å². The molecule has 1 saturated heterocycles. The lowest BCUT2D eigenvalue weighted by Crippen LogP contribution is -2.36. The SMILES string of the molecule is O=C(OCC1OCC2(CC2)CO1)c1ccccc1. The molecule has 0 bridgehead atoms. The minimum atomic E-state index is -0.413. The molecule has 1 saturated carbocycles.